The maximum atomic E-state index is 12.7. The first-order chi connectivity index (χ1) is 8.70. The lowest BCUT2D eigenvalue weighted by atomic mass is 9.86. The topological polar surface area (TPSA) is 29.1 Å². The molecule has 96 valence electrons. The third kappa shape index (κ3) is 2.40. The molecule has 0 spiro atoms. The Hall–Kier alpha value is -1.38. The van der Waals surface area contributed by atoms with Gasteiger partial charge in [0.2, 0.25) is 5.91 Å². The van der Waals surface area contributed by atoms with Gasteiger partial charge in [-0.2, -0.15) is 0 Å². The van der Waals surface area contributed by atoms with E-state index in [1.165, 1.54) is 37.8 Å². The second-order valence-electron chi connectivity index (χ2n) is 5.69. The van der Waals surface area contributed by atoms with Crippen LogP contribution in [0.25, 0.3) is 0 Å². The second kappa shape index (κ2) is 4.71. The van der Waals surface area contributed by atoms with Gasteiger partial charge in [-0.1, -0.05) is 6.42 Å². The zero-order valence-corrected chi connectivity index (χ0v) is 10.4. The molecule has 3 atom stereocenters. The van der Waals surface area contributed by atoms with Gasteiger partial charge in [0, 0.05) is 12.1 Å². The van der Waals surface area contributed by atoms with E-state index in [4.69, 9.17) is 0 Å². The molecule has 1 aromatic rings. The van der Waals surface area contributed by atoms with E-state index in [1.54, 1.807) is 12.1 Å². The third-order valence-corrected chi connectivity index (χ3v) is 4.46. The standard InChI is InChI=1S/C15H18FNO/c16-13-3-5-14(6-4-13)17-15(18)9-12-8-10-1-2-11(12)7-10/h3-6,10-12H,1-2,7-9H2,(H,17,18)/t10-,11-,12-/m1/s1. The molecule has 1 aromatic carbocycles. The highest BCUT2D eigenvalue weighted by molar-refractivity contribution is 5.90. The number of anilines is 1. The minimum atomic E-state index is -0.277. The summed E-state index contributed by atoms with van der Waals surface area (Å²) in [6, 6.07) is 5.95. The van der Waals surface area contributed by atoms with E-state index >= 15 is 0 Å². The fourth-order valence-electron chi connectivity index (χ4n) is 3.61. The summed E-state index contributed by atoms with van der Waals surface area (Å²) in [4.78, 5) is 11.9. The monoisotopic (exact) mass is 247 g/mol. The van der Waals surface area contributed by atoms with Crippen LogP contribution in [0.4, 0.5) is 10.1 Å². The van der Waals surface area contributed by atoms with Crippen LogP contribution in [-0.2, 0) is 4.79 Å². The Morgan fingerprint density at radius 2 is 2.00 bits per heavy atom. The number of benzene rings is 1. The largest absolute Gasteiger partial charge is 0.326 e. The smallest absolute Gasteiger partial charge is 0.224 e. The lowest BCUT2D eigenvalue weighted by molar-refractivity contribution is -0.117. The van der Waals surface area contributed by atoms with Crippen molar-refractivity contribution in [1.82, 2.24) is 0 Å². The summed E-state index contributed by atoms with van der Waals surface area (Å²) in [7, 11) is 0. The molecule has 18 heavy (non-hydrogen) atoms. The van der Waals surface area contributed by atoms with Gasteiger partial charge in [0.1, 0.15) is 5.82 Å². The molecule has 2 nitrogen and oxygen atoms in total. The summed E-state index contributed by atoms with van der Waals surface area (Å²) in [6.07, 6.45) is 5.84. The highest BCUT2D eigenvalue weighted by Gasteiger charge is 2.40. The molecular formula is C15H18FNO. The van der Waals surface area contributed by atoms with E-state index < -0.39 is 0 Å². The highest BCUT2D eigenvalue weighted by atomic mass is 19.1. The summed E-state index contributed by atoms with van der Waals surface area (Å²) in [5.74, 6) is 2.01. The van der Waals surface area contributed by atoms with Crippen LogP contribution in [0.5, 0.6) is 0 Å². The van der Waals surface area contributed by atoms with Crippen LogP contribution in [0.2, 0.25) is 0 Å². The number of carbonyl (C=O) groups excluding carboxylic acids is 1. The molecule has 2 bridgehead atoms. The van der Waals surface area contributed by atoms with Gasteiger partial charge >= 0.3 is 0 Å². The number of amides is 1. The molecule has 0 saturated heterocycles. The summed E-state index contributed by atoms with van der Waals surface area (Å²) < 4.78 is 12.7. The lowest BCUT2D eigenvalue weighted by Gasteiger charge is -2.20. The molecule has 2 aliphatic rings. The normalized spacial score (nSPS) is 29.5. The first-order valence-corrected chi connectivity index (χ1v) is 6.76. The number of hydrogen-bond donors (Lipinski definition) is 1. The number of rotatable bonds is 3. The molecule has 0 heterocycles. The van der Waals surface area contributed by atoms with Gasteiger partial charge in [-0.3, -0.25) is 4.79 Å². The molecule has 1 amide bonds. The fraction of sp³-hybridized carbons (Fsp3) is 0.533. The van der Waals surface area contributed by atoms with Crippen LogP contribution in [0.15, 0.2) is 24.3 Å². The molecule has 1 N–H and O–H groups in total. The van der Waals surface area contributed by atoms with E-state index in [9.17, 15) is 9.18 Å². The minimum Gasteiger partial charge on any atom is -0.326 e. The summed E-state index contributed by atoms with van der Waals surface area (Å²) in [5, 5.41) is 2.85. The number of nitrogens with one attached hydrogen (secondary N) is 1. The maximum Gasteiger partial charge on any atom is 0.224 e. The highest BCUT2D eigenvalue weighted by Crippen LogP contribution is 2.49. The molecule has 0 aliphatic heterocycles. The molecular weight excluding hydrogens is 229 g/mol. The molecule has 2 fully saturated rings. The van der Waals surface area contributed by atoms with Crippen LogP contribution in [0.3, 0.4) is 0 Å². The first kappa shape index (κ1) is 11.7. The van der Waals surface area contributed by atoms with Gasteiger partial charge in [0.05, 0.1) is 0 Å². The second-order valence-corrected chi connectivity index (χ2v) is 5.69. The van der Waals surface area contributed by atoms with Crippen molar-refractivity contribution in [2.24, 2.45) is 17.8 Å². The van der Waals surface area contributed by atoms with E-state index in [0.717, 1.165) is 11.8 Å². The Kier molecular flexibility index (Phi) is 3.06. The molecule has 3 heteroatoms. The van der Waals surface area contributed by atoms with Crippen LogP contribution in [-0.4, -0.2) is 5.91 Å². The van der Waals surface area contributed by atoms with E-state index in [1.807, 2.05) is 0 Å². The minimum absolute atomic E-state index is 0.0687. The molecule has 0 unspecified atom stereocenters. The average molecular weight is 247 g/mol. The van der Waals surface area contributed by atoms with Gasteiger partial charge in [-0.25, -0.2) is 4.39 Å². The first-order valence-electron chi connectivity index (χ1n) is 6.76. The summed E-state index contributed by atoms with van der Waals surface area (Å²) in [6.45, 7) is 0. The van der Waals surface area contributed by atoms with Crippen LogP contribution in [0, 0.1) is 23.6 Å². The summed E-state index contributed by atoms with van der Waals surface area (Å²) in [5.41, 5.74) is 0.685. The molecule has 2 saturated carbocycles. The van der Waals surface area contributed by atoms with Crippen molar-refractivity contribution < 1.29 is 9.18 Å². The van der Waals surface area contributed by atoms with Crippen molar-refractivity contribution in [3.63, 3.8) is 0 Å². The molecule has 0 radical (unpaired) electrons. The van der Waals surface area contributed by atoms with Crippen molar-refractivity contribution in [3.05, 3.63) is 30.1 Å². The molecule has 0 aromatic heterocycles. The van der Waals surface area contributed by atoms with Gasteiger partial charge in [0.15, 0.2) is 0 Å². The number of hydrogen-bond acceptors (Lipinski definition) is 1. The van der Waals surface area contributed by atoms with Crippen LogP contribution in [0.1, 0.15) is 32.1 Å². The van der Waals surface area contributed by atoms with Gasteiger partial charge in [0.25, 0.3) is 0 Å². The van der Waals surface area contributed by atoms with Crippen molar-refractivity contribution in [3.8, 4) is 0 Å². The Morgan fingerprint density at radius 1 is 1.22 bits per heavy atom. The van der Waals surface area contributed by atoms with Crippen molar-refractivity contribution in [2.45, 2.75) is 32.1 Å². The van der Waals surface area contributed by atoms with Crippen LogP contribution < -0.4 is 5.32 Å². The van der Waals surface area contributed by atoms with Crippen molar-refractivity contribution in [2.75, 3.05) is 5.32 Å². The predicted molar refractivity (Wildman–Crippen MR) is 68.6 cm³/mol. The number of fused-ring (bicyclic) bond motifs is 2. The Bertz CT molecular complexity index is 442. The van der Waals surface area contributed by atoms with E-state index in [0.29, 0.717) is 18.0 Å². The zero-order valence-electron chi connectivity index (χ0n) is 10.4. The third-order valence-electron chi connectivity index (χ3n) is 4.46. The lowest BCUT2D eigenvalue weighted by Crippen LogP contribution is -2.20. The van der Waals surface area contributed by atoms with E-state index in [2.05, 4.69) is 5.32 Å². The average Bonchev–Trinajstić information content (AvgIpc) is 2.94. The maximum absolute atomic E-state index is 12.7. The number of halogens is 1. The Morgan fingerprint density at radius 3 is 2.61 bits per heavy atom. The van der Waals surface area contributed by atoms with Crippen LogP contribution >= 0.6 is 0 Å². The summed E-state index contributed by atoms with van der Waals surface area (Å²) >= 11 is 0. The fourth-order valence-corrected chi connectivity index (χ4v) is 3.61. The van der Waals surface area contributed by atoms with Gasteiger partial charge in [-0.05, 0) is 61.3 Å². The van der Waals surface area contributed by atoms with Gasteiger partial charge in [-0.15, -0.1) is 0 Å². The number of carbonyl (C=O) groups is 1. The quantitative estimate of drug-likeness (QED) is 0.869. The van der Waals surface area contributed by atoms with Crippen molar-refractivity contribution in [1.29, 1.82) is 0 Å². The van der Waals surface area contributed by atoms with Crippen molar-refractivity contribution >= 4 is 11.6 Å². The Balaban J connectivity index is 1.54. The zero-order chi connectivity index (χ0) is 12.5. The molecule has 2 aliphatic carbocycles. The Labute approximate surface area is 107 Å². The molecule has 3 rings (SSSR count). The SMILES string of the molecule is O=C(C[C@H]1C[C@@H]2CC[C@@H]1C2)Nc1ccc(F)cc1. The van der Waals surface area contributed by atoms with E-state index in [-0.39, 0.29) is 11.7 Å². The predicted octanol–water partition coefficient (Wildman–Crippen LogP) is 3.59. The van der Waals surface area contributed by atoms with Gasteiger partial charge < -0.3 is 5.32 Å².